The molecule has 0 radical (unpaired) electrons. The van der Waals surface area contributed by atoms with E-state index in [1.165, 1.54) is 0 Å². The Labute approximate surface area is 165 Å². The number of aliphatic imine (C=N–C) groups is 1. The van der Waals surface area contributed by atoms with Crippen molar-refractivity contribution in [2.45, 2.75) is 6.54 Å². The van der Waals surface area contributed by atoms with E-state index in [1.54, 1.807) is 28.4 Å². The van der Waals surface area contributed by atoms with Crippen LogP contribution in [0.2, 0.25) is 0 Å². The average Bonchev–Trinajstić information content (AvgIpc) is 2.65. The van der Waals surface area contributed by atoms with Crippen molar-refractivity contribution in [1.82, 2.24) is 5.32 Å². The summed E-state index contributed by atoms with van der Waals surface area (Å²) >= 11 is 0. The normalized spacial score (nSPS) is 10.5. The molecule has 7 heteroatoms. The molecule has 0 saturated heterocycles. The number of anilines is 1. The topological polar surface area (TPSA) is 64.1 Å². The van der Waals surface area contributed by atoms with Gasteiger partial charge in [-0.1, -0.05) is 18.2 Å². The first-order chi connectivity index (χ1) is 11.7. The zero-order valence-corrected chi connectivity index (χ0v) is 17.2. The van der Waals surface area contributed by atoms with E-state index in [0.29, 0.717) is 24.0 Å². The Morgan fingerprint density at radius 2 is 1.60 bits per heavy atom. The number of guanidine groups is 1. The molecule has 0 saturated carbocycles. The third-order valence-corrected chi connectivity index (χ3v) is 3.51. The summed E-state index contributed by atoms with van der Waals surface area (Å²) in [6.45, 7) is 0.594. The van der Waals surface area contributed by atoms with Gasteiger partial charge < -0.3 is 24.8 Å². The Kier molecular flexibility index (Phi) is 8.90. The largest absolute Gasteiger partial charge is 0.496 e. The minimum Gasteiger partial charge on any atom is -0.496 e. The van der Waals surface area contributed by atoms with Crippen molar-refractivity contribution in [3.8, 4) is 17.2 Å². The summed E-state index contributed by atoms with van der Waals surface area (Å²) in [6.07, 6.45) is 0. The van der Waals surface area contributed by atoms with E-state index < -0.39 is 0 Å². The molecule has 0 spiro atoms. The van der Waals surface area contributed by atoms with E-state index in [-0.39, 0.29) is 24.0 Å². The maximum absolute atomic E-state index is 5.35. The van der Waals surface area contributed by atoms with Crippen LogP contribution >= 0.6 is 24.0 Å². The summed E-state index contributed by atoms with van der Waals surface area (Å²) in [7, 11) is 6.60. The van der Waals surface area contributed by atoms with Crippen LogP contribution in [-0.4, -0.2) is 34.3 Å². The molecule has 0 aliphatic carbocycles. The molecule has 2 rings (SSSR count). The lowest BCUT2D eigenvalue weighted by Crippen LogP contribution is -2.30. The van der Waals surface area contributed by atoms with Gasteiger partial charge in [0.05, 0.1) is 21.3 Å². The number of hydrogen-bond acceptors (Lipinski definition) is 4. The minimum atomic E-state index is 0. The predicted octanol–water partition coefficient (Wildman–Crippen LogP) is 3.52. The second kappa shape index (κ2) is 10.7. The van der Waals surface area contributed by atoms with Crippen molar-refractivity contribution >= 4 is 35.6 Å². The number of halogens is 1. The Morgan fingerprint density at radius 3 is 2.24 bits per heavy atom. The molecule has 6 nitrogen and oxygen atoms in total. The molecular formula is C18H24IN3O3. The first-order valence-electron chi connectivity index (χ1n) is 7.53. The highest BCUT2D eigenvalue weighted by atomic mass is 127. The number of para-hydroxylation sites is 1. The van der Waals surface area contributed by atoms with Gasteiger partial charge in [0.25, 0.3) is 0 Å². The zero-order chi connectivity index (χ0) is 17.4. The van der Waals surface area contributed by atoms with Crippen molar-refractivity contribution in [3.63, 3.8) is 0 Å². The van der Waals surface area contributed by atoms with Crippen LogP contribution in [0.4, 0.5) is 5.69 Å². The van der Waals surface area contributed by atoms with Crippen LogP contribution in [0.5, 0.6) is 17.2 Å². The van der Waals surface area contributed by atoms with E-state index in [0.717, 1.165) is 17.0 Å². The fraction of sp³-hybridized carbons (Fsp3) is 0.278. The Morgan fingerprint density at radius 1 is 0.920 bits per heavy atom. The summed E-state index contributed by atoms with van der Waals surface area (Å²) in [6, 6.07) is 13.5. The van der Waals surface area contributed by atoms with Gasteiger partial charge in [0.2, 0.25) is 0 Å². The van der Waals surface area contributed by atoms with Gasteiger partial charge >= 0.3 is 0 Å². The van der Waals surface area contributed by atoms with Crippen LogP contribution < -0.4 is 24.8 Å². The van der Waals surface area contributed by atoms with Crippen molar-refractivity contribution in [2.75, 3.05) is 33.7 Å². The Balaban J connectivity index is 0.00000312. The minimum absolute atomic E-state index is 0. The van der Waals surface area contributed by atoms with Crippen LogP contribution in [0.3, 0.4) is 0 Å². The fourth-order valence-electron chi connectivity index (χ4n) is 2.26. The summed E-state index contributed by atoms with van der Waals surface area (Å²) in [5.41, 5.74) is 1.90. The molecule has 0 aliphatic heterocycles. The molecule has 136 valence electrons. The van der Waals surface area contributed by atoms with Crippen LogP contribution in [0.1, 0.15) is 5.56 Å². The first kappa shape index (κ1) is 20.9. The van der Waals surface area contributed by atoms with E-state index >= 15 is 0 Å². The van der Waals surface area contributed by atoms with Crippen molar-refractivity contribution in [3.05, 3.63) is 48.0 Å². The van der Waals surface area contributed by atoms with Crippen molar-refractivity contribution < 1.29 is 14.2 Å². The molecule has 2 aromatic carbocycles. The number of rotatable bonds is 6. The summed E-state index contributed by atoms with van der Waals surface area (Å²) in [5.74, 6) is 2.82. The summed E-state index contributed by atoms with van der Waals surface area (Å²) < 4.78 is 15.9. The highest BCUT2D eigenvalue weighted by Crippen LogP contribution is 2.29. The van der Waals surface area contributed by atoms with Gasteiger partial charge in [0, 0.05) is 30.9 Å². The maximum atomic E-state index is 5.35. The maximum Gasteiger partial charge on any atom is 0.195 e. The molecule has 0 amide bonds. The SMILES string of the molecule is CN=C(NCc1ccccc1OC)Nc1ccc(OC)c(OC)c1.I. The molecule has 25 heavy (non-hydrogen) atoms. The molecule has 0 aliphatic rings. The van der Waals surface area contributed by atoms with Crippen LogP contribution in [0, 0.1) is 0 Å². The molecule has 0 fully saturated rings. The second-order valence-electron chi connectivity index (χ2n) is 4.93. The lowest BCUT2D eigenvalue weighted by atomic mass is 10.2. The van der Waals surface area contributed by atoms with E-state index in [1.807, 2.05) is 42.5 Å². The molecule has 2 N–H and O–H groups in total. The molecule has 0 bridgehead atoms. The summed E-state index contributed by atoms with van der Waals surface area (Å²) in [5, 5.41) is 6.49. The summed E-state index contributed by atoms with van der Waals surface area (Å²) in [4.78, 5) is 4.23. The van der Waals surface area contributed by atoms with Gasteiger partial charge in [0.1, 0.15) is 5.75 Å². The number of nitrogens with one attached hydrogen (secondary N) is 2. The number of ether oxygens (including phenoxy) is 3. The van der Waals surface area contributed by atoms with Gasteiger partial charge in [-0.25, -0.2) is 0 Å². The average molecular weight is 457 g/mol. The van der Waals surface area contributed by atoms with Crippen LogP contribution in [0.25, 0.3) is 0 Å². The number of hydrogen-bond donors (Lipinski definition) is 2. The molecular weight excluding hydrogens is 433 g/mol. The van der Waals surface area contributed by atoms with Gasteiger partial charge in [-0.2, -0.15) is 0 Å². The van der Waals surface area contributed by atoms with Gasteiger partial charge in [0.15, 0.2) is 17.5 Å². The predicted molar refractivity (Wildman–Crippen MR) is 112 cm³/mol. The van der Waals surface area contributed by atoms with Gasteiger partial charge in [-0.15, -0.1) is 24.0 Å². The number of methoxy groups -OCH3 is 3. The van der Waals surface area contributed by atoms with Gasteiger partial charge in [-0.05, 0) is 18.2 Å². The number of nitrogens with zero attached hydrogens (tertiary/aromatic N) is 1. The van der Waals surface area contributed by atoms with Crippen molar-refractivity contribution in [2.24, 2.45) is 4.99 Å². The van der Waals surface area contributed by atoms with E-state index in [4.69, 9.17) is 14.2 Å². The third-order valence-electron chi connectivity index (χ3n) is 3.51. The number of benzene rings is 2. The highest BCUT2D eigenvalue weighted by Gasteiger charge is 2.07. The molecule has 0 atom stereocenters. The third kappa shape index (κ3) is 5.70. The van der Waals surface area contributed by atoms with Crippen LogP contribution in [0.15, 0.2) is 47.5 Å². The Hall–Kier alpha value is -2.16. The van der Waals surface area contributed by atoms with Gasteiger partial charge in [-0.3, -0.25) is 4.99 Å². The Bertz CT molecular complexity index is 708. The van der Waals surface area contributed by atoms with E-state index in [2.05, 4.69) is 15.6 Å². The molecule has 0 unspecified atom stereocenters. The molecule has 0 aromatic heterocycles. The fourth-order valence-corrected chi connectivity index (χ4v) is 2.26. The zero-order valence-electron chi connectivity index (χ0n) is 14.8. The van der Waals surface area contributed by atoms with Crippen LogP contribution in [-0.2, 0) is 6.54 Å². The van der Waals surface area contributed by atoms with E-state index in [9.17, 15) is 0 Å². The van der Waals surface area contributed by atoms with Crippen molar-refractivity contribution in [1.29, 1.82) is 0 Å². The standard InChI is InChI=1S/C18H23N3O3.HI/c1-19-18(20-12-13-7-5-6-8-15(13)22-2)21-14-9-10-16(23-3)17(11-14)24-4;/h5-11H,12H2,1-4H3,(H2,19,20,21);1H. The monoisotopic (exact) mass is 457 g/mol. The second-order valence-corrected chi connectivity index (χ2v) is 4.93. The molecule has 2 aromatic rings. The first-order valence-corrected chi connectivity index (χ1v) is 7.53. The smallest absolute Gasteiger partial charge is 0.195 e. The quantitative estimate of drug-likeness (QED) is 0.395. The molecule has 0 heterocycles. The lowest BCUT2D eigenvalue weighted by Gasteiger charge is -2.15. The highest BCUT2D eigenvalue weighted by molar-refractivity contribution is 14.0. The lowest BCUT2D eigenvalue weighted by molar-refractivity contribution is 0.355.